The van der Waals surface area contributed by atoms with E-state index in [1.54, 1.807) is 20.3 Å². The van der Waals surface area contributed by atoms with E-state index in [-0.39, 0.29) is 21.5 Å². The van der Waals surface area contributed by atoms with Crippen LogP contribution >= 0.6 is 22.9 Å². The van der Waals surface area contributed by atoms with Crippen molar-refractivity contribution in [2.45, 2.75) is 24.3 Å². The number of carbonyl (C=O) groups is 1. The number of fused-ring (bicyclic) bond motifs is 1. The number of para-hydroxylation sites is 1. The quantitative estimate of drug-likeness (QED) is 0.397. The molecule has 11 heteroatoms. The molecular weight excluding hydrogens is 506 g/mol. The number of nitrogens with zero attached hydrogens (tertiary/aromatic N) is 5. The normalized spacial score (nSPS) is 18.6. The highest BCUT2D eigenvalue weighted by atomic mass is 35.5. The Morgan fingerprint density at radius 2 is 1.71 bits per heavy atom. The van der Waals surface area contributed by atoms with Crippen molar-refractivity contribution < 1.29 is 13.2 Å². The Morgan fingerprint density at radius 1 is 1.00 bits per heavy atom. The van der Waals surface area contributed by atoms with Crippen LogP contribution in [0.3, 0.4) is 0 Å². The number of amides is 1. The molecule has 0 atom stereocenters. The summed E-state index contributed by atoms with van der Waals surface area (Å²) < 4.78 is 32.0. The van der Waals surface area contributed by atoms with Crippen molar-refractivity contribution >= 4 is 43.8 Å². The number of likely N-dealkylation sites (tertiary alicyclic amines) is 1. The second-order valence-corrected chi connectivity index (χ2v) is 12.3. The van der Waals surface area contributed by atoms with E-state index in [0.717, 1.165) is 24.9 Å². The van der Waals surface area contributed by atoms with Crippen LogP contribution in [0.5, 0.6) is 0 Å². The van der Waals surface area contributed by atoms with E-state index in [0.29, 0.717) is 36.7 Å². The van der Waals surface area contributed by atoms with Crippen molar-refractivity contribution in [2.75, 3.05) is 26.2 Å². The molecule has 1 spiro atoms. The minimum atomic E-state index is -3.78. The van der Waals surface area contributed by atoms with Crippen LogP contribution in [-0.2, 0) is 10.0 Å². The van der Waals surface area contributed by atoms with E-state index in [2.05, 4.69) is 4.98 Å². The zero-order chi connectivity index (χ0) is 24.2. The highest BCUT2D eigenvalue weighted by Gasteiger charge is 2.46. The molecule has 2 fully saturated rings. The van der Waals surface area contributed by atoms with Gasteiger partial charge in [-0.3, -0.25) is 9.20 Å². The summed E-state index contributed by atoms with van der Waals surface area (Å²) >= 11 is 7.58. The Bertz CT molecular complexity index is 1500. The number of carbonyl (C=O) groups excluding carboxylic acids is 1. The van der Waals surface area contributed by atoms with Gasteiger partial charge in [-0.25, -0.2) is 13.4 Å². The van der Waals surface area contributed by atoms with Crippen molar-refractivity contribution in [1.29, 1.82) is 0 Å². The maximum absolute atomic E-state index is 13.5. The first-order chi connectivity index (χ1) is 16.9. The molecule has 5 heterocycles. The Morgan fingerprint density at radius 3 is 2.49 bits per heavy atom. The van der Waals surface area contributed by atoms with Crippen molar-refractivity contribution in [3.05, 3.63) is 71.1 Å². The molecule has 1 amide bonds. The lowest BCUT2D eigenvalue weighted by Crippen LogP contribution is -2.45. The number of halogens is 1. The molecule has 4 aromatic rings. The lowest BCUT2D eigenvalue weighted by molar-refractivity contribution is 0.0600. The highest BCUT2D eigenvalue weighted by Crippen LogP contribution is 2.43. The van der Waals surface area contributed by atoms with Gasteiger partial charge in [0.15, 0.2) is 15.1 Å². The molecule has 0 N–H and O–H groups in total. The van der Waals surface area contributed by atoms with E-state index in [4.69, 9.17) is 11.6 Å². The van der Waals surface area contributed by atoms with Gasteiger partial charge in [0.25, 0.3) is 15.9 Å². The van der Waals surface area contributed by atoms with Gasteiger partial charge < -0.3 is 9.47 Å². The highest BCUT2D eigenvalue weighted by molar-refractivity contribution is 7.89. The van der Waals surface area contributed by atoms with E-state index in [1.165, 1.54) is 11.3 Å². The molecule has 0 aliphatic carbocycles. The zero-order valence-electron chi connectivity index (χ0n) is 18.9. The minimum Gasteiger partial charge on any atom is -0.339 e. The number of hydrogen-bond acceptors (Lipinski definition) is 5. The third kappa shape index (κ3) is 3.79. The molecule has 2 aliphatic heterocycles. The summed E-state index contributed by atoms with van der Waals surface area (Å²) in [7, 11) is -3.78. The van der Waals surface area contributed by atoms with Gasteiger partial charge in [0.1, 0.15) is 0 Å². The van der Waals surface area contributed by atoms with Crippen LogP contribution in [0.1, 0.15) is 29.6 Å². The number of hydrogen-bond donors (Lipinski definition) is 0. The average Bonchev–Trinajstić information content (AvgIpc) is 3.64. The second-order valence-electron chi connectivity index (χ2n) is 9.25. The summed E-state index contributed by atoms with van der Waals surface area (Å²) in [5.41, 5.74) is 1.40. The maximum Gasteiger partial charge on any atom is 0.262 e. The summed E-state index contributed by atoms with van der Waals surface area (Å²) in [6.45, 7) is 2.09. The number of rotatable bonds is 4. The fourth-order valence-electron chi connectivity index (χ4n) is 5.33. The lowest BCUT2D eigenvalue weighted by Gasteiger charge is -2.39. The van der Waals surface area contributed by atoms with E-state index < -0.39 is 10.0 Å². The fourth-order valence-corrected chi connectivity index (χ4v) is 8.29. The fraction of sp³-hybridized carbons (Fsp3) is 0.333. The SMILES string of the molecule is O=C(c1ccccc1-n1cccc1)N1CCC2(CC1)CCN(S(=O)(=O)c1c(Cl)nc3sccn13)C2. The van der Waals surface area contributed by atoms with E-state index >= 15 is 0 Å². The summed E-state index contributed by atoms with van der Waals surface area (Å²) in [5, 5.41) is 1.85. The van der Waals surface area contributed by atoms with Crippen LogP contribution < -0.4 is 0 Å². The average molecular weight is 530 g/mol. The Labute approximate surface area is 212 Å². The van der Waals surface area contributed by atoms with Gasteiger partial charge in [-0.15, -0.1) is 11.3 Å². The number of sulfonamides is 1. The van der Waals surface area contributed by atoms with Crippen molar-refractivity contribution in [3.8, 4) is 5.69 Å². The summed E-state index contributed by atoms with van der Waals surface area (Å²) in [4.78, 5) is 20.1. The van der Waals surface area contributed by atoms with Crippen LogP contribution in [0.15, 0.2) is 65.4 Å². The number of thiazole rings is 1. The molecule has 2 aliphatic rings. The molecule has 3 aromatic heterocycles. The predicted octanol–water partition coefficient (Wildman–Crippen LogP) is 4.16. The molecule has 8 nitrogen and oxygen atoms in total. The Kier molecular flexibility index (Phi) is 5.52. The molecule has 0 saturated carbocycles. The number of piperidine rings is 1. The van der Waals surface area contributed by atoms with Crippen LogP contribution in [0.25, 0.3) is 10.6 Å². The Balaban J connectivity index is 1.18. The van der Waals surface area contributed by atoms with Gasteiger partial charge in [0.05, 0.1) is 11.3 Å². The summed E-state index contributed by atoms with van der Waals surface area (Å²) in [6, 6.07) is 11.5. The second kappa shape index (κ2) is 8.48. The molecule has 1 aromatic carbocycles. The molecule has 0 radical (unpaired) electrons. The van der Waals surface area contributed by atoms with Crippen molar-refractivity contribution in [2.24, 2.45) is 5.41 Å². The first-order valence-corrected chi connectivity index (χ1v) is 14.2. The van der Waals surface area contributed by atoms with Crippen LogP contribution in [0.2, 0.25) is 5.15 Å². The third-order valence-corrected chi connectivity index (χ3v) is 10.3. The van der Waals surface area contributed by atoms with Crippen molar-refractivity contribution in [3.63, 3.8) is 0 Å². The monoisotopic (exact) mass is 529 g/mol. The number of aromatic nitrogens is 3. The van der Waals surface area contributed by atoms with Gasteiger partial charge in [0, 0.05) is 50.1 Å². The van der Waals surface area contributed by atoms with Crippen LogP contribution in [0, 0.1) is 5.41 Å². The molecule has 0 bridgehead atoms. The van der Waals surface area contributed by atoms with Gasteiger partial charge in [-0.2, -0.15) is 4.31 Å². The minimum absolute atomic E-state index is 0.0116. The molecule has 182 valence electrons. The molecule has 2 saturated heterocycles. The standard InChI is InChI=1S/C24H24ClN5O3S2/c25-20-22(30-15-16-34-23(30)26-20)35(32,33)29-14-9-24(17-29)7-12-28(13-8-24)21(31)18-5-1-2-6-19(18)27-10-3-4-11-27/h1-6,10-11,15-16H,7-9,12-14,17H2. The first kappa shape index (κ1) is 22.8. The zero-order valence-corrected chi connectivity index (χ0v) is 21.3. The van der Waals surface area contributed by atoms with E-state index in [9.17, 15) is 13.2 Å². The van der Waals surface area contributed by atoms with Gasteiger partial charge in [-0.05, 0) is 48.9 Å². The molecule has 6 rings (SSSR count). The third-order valence-electron chi connectivity index (χ3n) is 7.29. The lowest BCUT2D eigenvalue weighted by atomic mass is 9.78. The van der Waals surface area contributed by atoms with E-state index in [1.807, 2.05) is 58.3 Å². The topological polar surface area (TPSA) is 79.9 Å². The predicted molar refractivity (Wildman–Crippen MR) is 135 cm³/mol. The van der Waals surface area contributed by atoms with Gasteiger partial charge >= 0.3 is 0 Å². The largest absolute Gasteiger partial charge is 0.339 e. The first-order valence-electron chi connectivity index (χ1n) is 11.5. The molecule has 0 unspecified atom stereocenters. The Hall–Kier alpha value is -2.66. The van der Waals surface area contributed by atoms with Crippen molar-refractivity contribution in [1.82, 2.24) is 23.2 Å². The number of imidazole rings is 1. The molecular formula is C24H24ClN5O3S2. The number of benzene rings is 1. The molecule has 35 heavy (non-hydrogen) atoms. The van der Waals surface area contributed by atoms with Gasteiger partial charge in [0.2, 0.25) is 0 Å². The van der Waals surface area contributed by atoms with Crippen LogP contribution in [0.4, 0.5) is 0 Å². The van der Waals surface area contributed by atoms with Gasteiger partial charge in [-0.1, -0.05) is 23.7 Å². The maximum atomic E-state index is 13.5. The summed E-state index contributed by atoms with van der Waals surface area (Å²) in [5.74, 6) is 0.0116. The summed E-state index contributed by atoms with van der Waals surface area (Å²) in [6.07, 6.45) is 7.86. The smallest absolute Gasteiger partial charge is 0.262 e. The van der Waals surface area contributed by atoms with Crippen LogP contribution in [-0.4, -0.2) is 63.7 Å².